The number of rotatable bonds is 5. The zero-order chi connectivity index (χ0) is 19.0. The average Bonchev–Trinajstić information content (AvgIpc) is 3.20. The maximum absolute atomic E-state index is 13.8. The molecule has 1 aromatic carbocycles. The summed E-state index contributed by atoms with van der Waals surface area (Å²) >= 11 is 1.67. The Bertz CT molecular complexity index is 1120. The van der Waals surface area contributed by atoms with E-state index in [0.29, 0.717) is 6.54 Å². The molecule has 3 heterocycles. The molecule has 0 unspecified atom stereocenters. The summed E-state index contributed by atoms with van der Waals surface area (Å²) in [5.41, 5.74) is 4.75. The van der Waals surface area contributed by atoms with Crippen LogP contribution in [0, 0.1) is 26.6 Å². The van der Waals surface area contributed by atoms with E-state index < -0.39 is 0 Å². The number of aromatic nitrogens is 2. The Hall–Kier alpha value is -2.73. The second-order valence-electron chi connectivity index (χ2n) is 6.69. The SMILES string of the molecule is Cc1csc(-c2cc(NCCc3c(C)oc4c(C)cc(F)cc34)ncn2)c1. The van der Waals surface area contributed by atoms with E-state index in [1.165, 1.54) is 11.6 Å². The summed E-state index contributed by atoms with van der Waals surface area (Å²) in [5.74, 6) is 1.37. The number of hydrogen-bond acceptors (Lipinski definition) is 5. The Morgan fingerprint density at radius 3 is 2.74 bits per heavy atom. The van der Waals surface area contributed by atoms with Crippen molar-refractivity contribution in [1.82, 2.24) is 9.97 Å². The number of fused-ring (bicyclic) bond motifs is 1. The van der Waals surface area contributed by atoms with Crippen molar-refractivity contribution in [3.8, 4) is 10.6 Å². The van der Waals surface area contributed by atoms with Gasteiger partial charge in [-0.2, -0.15) is 0 Å². The first-order valence-electron chi connectivity index (χ1n) is 8.81. The minimum atomic E-state index is -0.235. The zero-order valence-corrected chi connectivity index (χ0v) is 16.3. The van der Waals surface area contributed by atoms with Crippen molar-refractivity contribution >= 4 is 28.1 Å². The fourth-order valence-corrected chi connectivity index (χ4v) is 4.14. The maximum atomic E-state index is 13.8. The van der Waals surface area contributed by atoms with Crippen molar-refractivity contribution in [2.45, 2.75) is 27.2 Å². The van der Waals surface area contributed by atoms with Gasteiger partial charge in [-0.3, -0.25) is 0 Å². The molecule has 27 heavy (non-hydrogen) atoms. The first kappa shape index (κ1) is 17.7. The number of thiophene rings is 1. The van der Waals surface area contributed by atoms with Crippen molar-refractivity contribution in [2.75, 3.05) is 11.9 Å². The second-order valence-corrected chi connectivity index (χ2v) is 7.60. The molecule has 4 aromatic rings. The number of nitrogens with one attached hydrogen (secondary N) is 1. The molecule has 0 atom stereocenters. The van der Waals surface area contributed by atoms with Crippen molar-refractivity contribution in [3.63, 3.8) is 0 Å². The lowest BCUT2D eigenvalue weighted by Crippen LogP contribution is -2.07. The quantitative estimate of drug-likeness (QED) is 0.484. The first-order valence-corrected chi connectivity index (χ1v) is 9.69. The molecule has 0 saturated heterocycles. The van der Waals surface area contributed by atoms with Gasteiger partial charge in [0, 0.05) is 23.6 Å². The summed E-state index contributed by atoms with van der Waals surface area (Å²) in [5, 5.41) is 6.30. The molecule has 0 fully saturated rings. The Balaban J connectivity index is 1.51. The van der Waals surface area contributed by atoms with Crippen molar-refractivity contribution in [2.24, 2.45) is 0 Å². The van der Waals surface area contributed by atoms with Crippen LogP contribution in [0.4, 0.5) is 10.2 Å². The van der Waals surface area contributed by atoms with Gasteiger partial charge >= 0.3 is 0 Å². The van der Waals surface area contributed by atoms with Crippen LogP contribution in [0.1, 0.15) is 22.5 Å². The van der Waals surface area contributed by atoms with E-state index in [0.717, 1.165) is 50.7 Å². The lowest BCUT2D eigenvalue weighted by Gasteiger charge is -2.06. The van der Waals surface area contributed by atoms with Crippen LogP contribution in [-0.4, -0.2) is 16.5 Å². The lowest BCUT2D eigenvalue weighted by atomic mass is 10.1. The van der Waals surface area contributed by atoms with Crippen molar-refractivity contribution in [3.05, 3.63) is 64.2 Å². The Morgan fingerprint density at radius 2 is 1.96 bits per heavy atom. The Kier molecular flexibility index (Phi) is 4.66. The largest absolute Gasteiger partial charge is 0.461 e. The summed E-state index contributed by atoms with van der Waals surface area (Å²) in [4.78, 5) is 9.79. The summed E-state index contributed by atoms with van der Waals surface area (Å²) in [6.45, 7) is 6.53. The van der Waals surface area contributed by atoms with Gasteiger partial charge in [-0.25, -0.2) is 14.4 Å². The summed E-state index contributed by atoms with van der Waals surface area (Å²) in [6, 6.07) is 7.13. The predicted molar refractivity (Wildman–Crippen MR) is 108 cm³/mol. The maximum Gasteiger partial charge on any atom is 0.137 e. The van der Waals surface area contributed by atoms with E-state index in [4.69, 9.17) is 4.42 Å². The van der Waals surface area contributed by atoms with Gasteiger partial charge in [0.25, 0.3) is 0 Å². The van der Waals surface area contributed by atoms with Crippen molar-refractivity contribution < 1.29 is 8.81 Å². The predicted octanol–water partition coefficient (Wildman–Crippen LogP) is 5.67. The molecule has 138 valence electrons. The third kappa shape index (κ3) is 3.57. The second kappa shape index (κ2) is 7.12. The van der Waals surface area contributed by atoms with Crippen LogP contribution in [0.5, 0.6) is 0 Å². The molecule has 0 aliphatic heterocycles. The van der Waals surface area contributed by atoms with Gasteiger partial charge in [0.1, 0.15) is 29.3 Å². The van der Waals surface area contributed by atoms with Crippen LogP contribution < -0.4 is 5.32 Å². The van der Waals surface area contributed by atoms with E-state index >= 15 is 0 Å². The molecule has 0 saturated carbocycles. The highest BCUT2D eigenvalue weighted by molar-refractivity contribution is 7.13. The Labute approximate surface area is 161 Å². The topological polar surface area (TPSA) is 51.0 Å². The molecule has 0 radical (unpaired) electrons. The molecule has 0 bridgehead atoms. The normalized spacial score (nSPS) is 11.3. The van der Waals surface area contributed by atoms with Crippen molar-refractivity contribution in [1.29, 1.82) is 0 Å². The third-order valence-corrected chi connectivity index (χ3v) is 5.65. The highest BCUT2D eigenvalue weighted by Gasteiger charge is 2.14. The number of nitrogens with zero attached hydrogens (tertiary/aromatic N) is 2. The smallest absolute Gasteiger partial charge is 0.137 e. The van der Waals surface area contributed by atoms with E-state index in [2.05, 4.69) is 33.7 Å². The van der Waals surface area contributed by atoms with Crippen LogP contribution in [0.3, 0.4) is 0 Å². The molecule has 0 aliphatic carbocycles. The summed E-state index contributed by atoms with van der Waals surface area (Å²) < 4.78 is 19.7. The van der Waals surface area contributed by atoms with Gasteiger partial charge in [0.15, 0.2) is 0 Å². The molecule has 0 spiro atoms. The lowest BCUT2D eigenvalue weighted by molar-refractivity contribution is 0.568. The first-order chi connectivity index (χ1) is 13.0. The summed E-state index contributed by atoms with van der Waals surface area (Å²) in [7, 11) is 0. The van der Waals surface area contributed by atoms with Gasteiger partial charge in [-0.15, -0.1) is 11.3 Å². The number of furan rings is 1. The number of halogens is 1. The number of aryl methyl sites for hydroxylation is 3. The molecule has 4 rings (SSSR count). The molecule has 4 nitrogen and oxygen atoms in total. The number of hydrogen-bond donors (Lipinski definition) is 1. The molecular formula is C21H20FN3OS. The van der Waals surface area contributed by atoms with Crippen LogP contribution in [0.15, 0.2) is 40.4 Å². The molecule has 3 aromatic heterocycles. The molecule has 0 amide bonds. The van der Waals surface area contributed by atoms with Crippen LogP contribution in [0.25, 0.3) is 21.5 Å². The van der Waals surface area contributed by atoms with Gasteiger partial charge in [-0.1, -0.05) is 0 Å². The average molecular weight is 381 g/mol. The van der Waals surface area contributed by atoms with E-state index in [9.17, 15) is 4.39 Å². The zero-order valence-electron chi connectivity index (χ0n) is 15.5. The third-order valence-electron chi connectivity index (χ3n) is 4.58. The van der Waals surface area contributed by atoms with Crippen LogP contribution in [-0.2, 0) is 6.42 Å². The highest BCUT2D eigenvalue weighted by Crippen LogP contribution is 2.30. The van der Waals surface area contributed by atoms with E-state index in [1.807, 2.05) is 19.9 Å². The fraction of sp³-hybridized carbons (Fsp3) is 0.238. The Morgan fingerprint density at radius 1 is 1.11 bits per heavy atom. The minimum absolute atomic E-state index is 0.235. The molecule has 6 heteroatoms. The molecular weight excluding hydrogens is 361 g/mol. The van der Waals surface area contributed by atoms with Gasteiger partial charge < -0.3 is 9.73 Å². The van der Waals surface area contributed by atoms with E-state index in [1.54, 1.807) is 23.7 Å². The fourth-order valence-electron chi connectivity index (χ4n) is 3.27. The minimum Gasteiger partial charge on any atom is -0.461 e. The standard InChI is InChI=1S/C21H20FN3OS/c1-12-6-19(27-10-12)18-9-20(25-11-24-18)23-5-4-16-14(3)26-21-13(2)7-15(22)8-17(16)21/h6-11H,4-5H2,1-3H3,(H,23,24,25). The monoisotopic (exact) mass is 381 g/mol. The molecule has 1 N–H and O–H groups in total. The van der Waals surface area contributed by atoms with Crippen LogP contribution in [0.2, 0.25) is 0 Å². The van der Waals surface area contributed by atoms with Gasteiger partial charge in [0.05, 0.1) is 10.6 Å². The summed E-state index contributed by atoms with van der Waals surface area (Å²) in [6.07, 6.45) is 2.29. The highest BCUT2D eigenvalue weighted by atomic mass is 32.1. The number of benzene rings is 1. The van der Waals surface area contributed by atoms with E-state index in [-0.39, 0.29) is 5.82 Å². The van der Waals surface area contributed by atoms with Crippen LogP contribution >= 0.6 is 11.3 Å². The van der Waals surface area contributed by atoms with Gasteiger partial charge in [0.2, 0.25) is 0 Å². The number of anilines is 1. The van der Waals surface area contributed by atoms with Gasteiger partial charge in [-0.05, 0) is 61.9 Å². The molecule has 0 aliphatic rings.